The zero-order valence-corrected chi connectivity index (χ0v) is 11.2. The Kier molecular flexibility index (Phi) is 4.60. The highest BCUT2D eigenvalue weighted by Crippen LogP contribution is 2.26. The van der Waals surface area contributed by atoms with Gasteiger partial charge in [0.1, 0.15) is 0 Å². The second-order valence-corrected chi connectivity index (χ2v) is 5.37. The minimum Gasteiger partial charge on any atom is -0.314 e. The van der Waals surface area contributed by atoms with Crippen LogP contribution in [-0.2, 0) is 13.5 Å². The number of aromatic nitrogens is 2. The smallest absolute Gasteiger partial charge is 0.0637 e. The molecule has 1 N–H and O–H groups in total. The maximum absolute atomic E-state index is 4.40. The van der Waals surface area contributed by atoms with E-state index in [-0.39, 0.29) is 0 Å². The highest BCUT2D eigenvalue weighted by molar-refractivity contribution is 4.99. The second-order valence-electron chi connectivity index (χ2n) is 5.37. The number of hydrogen-bond donors (Lipinski definition) is 1. The van der Waals surface area contributed by atoms with Crippen LogP contribution < -0.4 is 5.32 Å². The molecule has 3 heteroatoms. The second kappa shape index (κ2) is 6.20. The van der Waals surface area contributed by atoms with Crippen molar-refractivity contribution >= 4 is 0 Å². The van der Waals surface area contributed by atoms with Crippen LogP contribution in [0.2, 0.25) is 0 Å². The fraction of sp³-hybridized carbons (Fsp3) is 0.786. The molecular weight excluding hydrogens is 210 g/mol. The summed E-state index contributed by atoms with van der Waals surface area (Å²) in [7, 11) is 1.97. The van der Waals surface area contributed by atoms with Crippen LogP contribution in [-0.4, -0.2) is 22.4 Å². The monoisotopic (exact) mass is 235 g/mol. The molecule has 96 valence electrons. The molecular formula is C14H25N3. The Morgan fingerprint density at radius 2 is 2.18 bits per heavy atom. The fourth-order valence-electron chi connectivity index (χ4n) is 2.83. The maximum Gasteiger partial charge on any atom is 0.0637 e. The molecule has 1 saturated carbocycles. The zero-order valence-electron chi connectivity index (χ0n) is 11.2. The van der Waals surface area contributed by atoms with E-state index >= 15 is 0 Å². The lowest BCUT2D eigenvalue weighted by atomic mass is 9.84. The van der Waals surface area contributed by atoms with Crippen molar-refractivity contribution in [2.75, 3.05) is 6.54 Å². The van der Waals surface area contributed by atoms with Gasteiger partial charge in [-0.25, -0.2) is 0 Å². The van der Waals surface area contributed by atoms with Gasteiger partial charge in [-0.2, -0.15) is 5.10 Å². The highest BCUT2D eigenvalue weighted by atomic mass is 15.2. The van der Waals surface area contributed by atoms with Gasteiger partial charge in [0.25, 0.3) is 0 Å². The molecule has 0 spiro atoms. The average molecular weight is 235 g/mol. The quantitative estimate of drug-likeness (QED) is 0.850. The summed E-state index contributed by atoms with van der Waals surface area (Å²) in [5, 5.41) is 8.06. The summed E-state index contributed by atoms with van der Waals surface area (Å²) >= 11 is 0. The van der Waals surface area contributed by atoms with E-state index in [2.05, 4.69) is 23.4 Å². The van der Waals surface area contributed by atoms with Crippen molar-refractivity contribution in [3.63, 3.8) is 0 Å². The van der Waals surface area contributed by atoms with Gasteiger partial charge in [-0.3, -0.25) is 4.68 Å². The lowest BCUT2D eigenvalue weighted by Crippen LogP contribution is -2.35. The van der Waals surface area contributed by atoms with Crippen LogP contribution in [0.1, 0.15) is 44.7 Å². The minimum absolute atomic E-state index is 0.666. The Hall–Kier alpha value is -0.830. The summed E-state index contributed by atoms with van der Waals surface area (Å²) in [6, 6.07) is 2.77. The first-order valence-electron chi connectivity index (χ1n) is 6.97. The summed E-state index contributed by atoms with van der Waals surface area (Å²) in [6.07, 6.45) is 10.2. The molecule has 0 bridgehead atoms. The number of nitrogens with one attached hydrogen (secondary N) is 1. The molecule has 1 unspecified atom stereocenters. The van der Waals surface area contributed by atoms with Crippen LogP contribution in [0.15, 0.2) is 12.3 Å². The zero-order chi connectivity index (χ0) is 12.1. The van der Waals surface area contributed by atoms with E-state index in [1.807, 2.05) is 17.9 Å². The van der Waals surface area contributed by atoms with E-state index in [1.165, 1.54) is 37.8 Å². The Morgan fingerprint density at radius 1 is 1.41 bits per heavy atom. The molecule has 0 radical (unpaired) electrons. The molecule has 1 fully saturated rings. The molecule has 0 aromatic carbocycles. The van der Waals surface area contributed by atoms with Crippen LogP contribution in [0.25, 0.3) is 0 Å². The third-order valence-corrected chi connectivity index (χ3v) is 3.97. The van der Waals surface area contributed by atoms with E-state index in [0.717, 1.165) is 18.9 Å². The summed E-state index contributed by atoms with van der Waals surface area (Å²) in [6.45, 7) is 3.39. The van der Waals surface area contributed by atoms with Crippen molar-refractivity contribution in [3.8, 4) is 0 Å². The molecule has 1 heterocycles. The van der Waals surface area contributed by atoms with Crippen LogP contribution in [0.3, 0.4) is 0 Å². The topological polar surface area (TPSA) is 29.9 Å². The van der Waals surface area contributed by atoms with E-state index in [0.29, 0.717) is 6.04 Å². The van der Waals surface area contributed by atoms with Gasteiger partial charge < -0.3 is 5.32 Å². The molecule has 0 aliphatic heterocycles. The van der Waals surface area contributed by atoms with Gasteiger partial charge in [-0.05, 0) is 31.7 Å². The molecule has 1 aromatic heterocycles. The third-order valence-electron chi connectivity index (χ3n) is 3.97. The Balaban J connectivity index is 1.67. The predicted octanol–water partition coefficient (Wildman–Crippen LogP) is 2.52. The summed E-state index contributed by atoms with van der Waals surface area (Å²) in [5.41, 5.74) is 1.19. The highest BCUT2D eigenvalue weighted by Gasteiger charge is 2.19. The molecule has 1 aromatic rings. The molecule has 0 amide bonds. The summed E-state index contributed by atoms with van der Waals surface area (Å²) in [5.74, 6) is 0.896. The largest absolute Gasteiger partial charge is 0.314 e. The maximum atomic E-state index is 4.40. The van der Waals surface area contributed by atoms with Crippen molar-refractivity contribution in [1.82, 2.24) is 15.1 Å². The van der Waals surface area contributed by atoms with Gasteiger partial charge >= 0.3 is 0 Å². The Labute approximate surface area is 105 Å². The number of hydrogen-bond acceptors (Lipinski definition) is 2. The SMILES string of the molecule is CC(NCCc1ccn(C)n1)C1CCCCC1. The van der Waals surface area contributed by atoms with E-state index < -0.39 is 0 Å². The number of nitrogens with zero attached hydrogens (tertiary/aromatic N) is 2. The number of rotatable bonds is 5. The minimum atomic E-state index is 0.666. The molecule has 0 saturated heterocycles. The molecule has 1 aliphatic rings. The summed E-state index contributed by atoms with van der Waals surface area (Å²) < 4.78 is 1.87. The standard InChI is InChI=1S/C14H25N3/c1-12(13-6-4-3-5-7-13)15-10-8-14-9-11-17(2)16-14/h9,11-13,15H,3-8,10H2,1-2H3. The lowest BCUT2D eigenvalue weighted by Gasteiger charge is -2.28. The van der Waals surface area contributed by atoms with E-state index in [4.69, 9.17) is 0 Å². The fourth-order valence-corrected chi connectivity index (χ4v) is 2.83. The van der Waals surface area contributed by atoms with Crippen LogP contribution in [0, 0.1) is 5.92 Å². The molecule has 3 nitrogen and oxygen atoms in total. The van der Waals surface area contributed by atoms with Gasteiger partial charge in [-0.1, -0.05) is 19.3 Å². The van der Waals surface area contributed by atoms with Crippen LogP contribution in [0.5, 0.6) is 0 Å². The molecule has 17 heavy (non-hydrogen) atoms. The van der Waals surface area contributed by atoms with Crippen molar-refractivity contribution < 1.29 is 0 Å². The summed E-state index contributed by atoms with van der Waals surface area (Å²) in [4.78, 5) is 0. The lowest BCUT2D eigenvalue weighted by molar-refractivity contribution is 0.282. The molecule has 1 atom stereocenters. The number of aryl methyl sites for hydroxylation is 1. The normalized spacial score (nSPS) is 19.4. The van der Waals surface area contributed by atoms with Crippen molar-refractivity contribution in [2.45, 2.75) is 51.5 Å². The third kappa shape index (κ3) is 3.84. The molecule has 2 rings (SSSR count). The van der Waals surface area contributed by atoms with Gasteiger partial charge in [0.2, 0.25) is 0 Å². The van der Waals surface area contributed by atoms with Gasteiger partial charge in [0.15, 0.2) is 0 Å². The van der Waals surface area contributed by atoms with Crippen molar-refractivity contribution in [1.29, 1.82) is 0 Å². The first kappa shape index (κ1) is 12.6. The average Bonchev–Trinajstić information content (AvgIpc) is 2.76. The predicted molar refractivity (Wildman–Crippen MR) is 71.0 cm³/mol. The van der Waals surface area contributed by atoms with Gasteiger partial charge in [0, 0.05) is 32.3 Å². The Bertz CT molecular complexity index is 326. The van der Waals surface area contributed by atoms with E-state index in [1.54, 1.807) is 0 Å². The van der Waals surface area contributed by atoms with Gasteiger partial charge in [-0.15, -0.1) is 0 Å². The first-order chi connectivity index (χ1) is 8.25. The Morgan fingerprint density at radius 3 is 2.82 bits per heavy atom. The van der Waals surface area contributed by atoms with Crippen LogP contribution >= 0.6 is 0 Å². The van der Waals surface area contributed by atoms with Crippen molar-refractivity contribution in [3.05, 3.63) is 18.0 Å². The van der Waals surface area contributed by atoms with Gasteiger partial charge in [0.05, 0.1) is 5.69 Å². The first-order valence-corrected chi connectivity index (χ1v) is 6.97. The van der Waals surface area contributed by atoms with E-state index in [9.17, 15) is 0 Å². The van der Waals surface area contributed by atoms with Crippen LogP contribution in [0.4, 0.5) is 0 Å². The van der Waals surface area contributed by atoms with Crippen molar-refractivity contribution in [2.24, 2.45) is 13.0 Å². The molecule has 1 aliphatic carbocycles.